The van der Waals surface area contributed by atoms with Crippen molar-refractivity contribution in [3.63, 3.8) is 0 Å². The summed E-state index contributed by atoms with van der Waals surface area (Å²) >= 11 is 7.21. The van der Waals surface area contributed by atoms with Crippen LogP contribution in [0.25, 0.3) is 0 Å². The van der Waals surface area contributed by atoms with Crippen LogP contribution in [0.15, 0.2) is 30.3 Å². The van der Waals surface area contributed by atoms with Crippen LogP contribution in [0, 0.1) is 0 Å². The molecule has 0 aliphatic heterocycles. The van der Waals surface area contributed by atoms with Gasteiger partial charge < -0.3 is 15.4 Å². The maximum Gasteiger partial charge on any atom is 0.350 e. The zero-order valence-electron chi connectivity index (χ0n) is 11.9. The molecule has 0 spiro atoms. The van der Waals surface area contributed by atoms with Crippen LogP contribution in [0.1, 0.15) is 22.2 Å². The second kappa shape index (κ2) is 6.83. The molecular formula is C15H17ClN2O2S. The van der Waals surface area contributed by atoms with E-state index in [0.29, 0.717) is 28.7 Å². The minimum Gasteiger partial charge on any atom is -0.462 e. The minimum absolute atomic E-state index is 0.339. The molecule has 4 nitrogen and oxygen atoms in total. The second-order valence-electron chi connectivity index (χ2n) is 4.57. The highest BCUT2D eigenvalue weighted by Crippen LogP contribution is 2.32. The lowest BCUT2D eigenvalue weighted by molar-refractivity contribution is 0.0533. The van der Waals surface area contributed by atoms with E-state index in [1.165, 1.54) is 11.3 Å². The first-order valence-electron chi connectivity index (χ1n) is 6.53. The van der Waals surface area contributed by atoms with Crippen molar-refractivity contribution < 1.29 is 9.53 Å². The Morgan fingerprint density at radius 3 is 2.67 bits per heavy atom. The van der Waals surface area contributed by atoms with Gasteiger partial charge in [-0.15, -0.1) is 11.3 Å². The second-order valence-corrected chi connectivity index (χ2v) is 6.04. The summed E-state index contributed by atoms with van der Waals surface area (Å²) in [5.41, 5.74) is 7.48. The minimum atomic E-state index is -0.369. The number of rotatable bonds is 5. The molecule has 0 aliphatic carbocycles. The summed E-state index contributed by atoms with van der Waals surface area (Å²) in [6, 6.07) is 9.46. The smallest absolute Gasteiger partial charge is 0.350 e. The molecule has 0 aliphatic rings. The van der Waals surface area contributed by atoms with Crippen molar-refractivity contribution in [3.8, 4) is 0 Å². The molecular weight excluding hydrogens is 308 g/mol. The first-order valence-corrected chi connectivity index (χ1v) is 7.72. The third-order valence-electron chi connectivity index (χ3n) is 2.92. The van der Waals surface area contributed by atoms with E-state index in [0.717, 1.165) is 10.6 Å². The number of carbonyl (C=O) groups is 1. The number of nitrogens with zero attached hydrogens (tertiary/aromatic N) is 1. The maximum atomic E-state index is 11.8. The number of ether oxygens (including phenoxy) is 1. The lowest BCUT2D eigenvalue weighted by Crippen LogP contribution is -2.14. The molecule has 2 rings (SSSR count). The molecule has 2 aromatic rings. The van der Waals surface area contributed by atoms with Crippen LogP contribution in [0.3, 0.4) is 0 Å². The molecule has 1 aromatic carbocycles. The van der Waals surface area contributed by atoms with E-state index in [9.17, 15) is 4.79 Å². The first-order chi connectivity index (χ1) is 10.0. The summed E-state index contributed by atoms with van der Waals surface area (Å²) < 4.78 is 4.99. The van der Waals surface area contributed by atoms with Crippen LogP contribution in [0.2, 0.25) is 5.02 Å². The fourth-order valence-electron chi connectivity index (χ4n) is 1.88. The molecule has 0 saturated heterocycles. The number of esters is 1. The van der Waals surface area contributed by atoms with Gasteiger partial charge in [-0.1, -0.05) is 23.7 Å². The molecule has 112 valence electrons. The van der Waals surface area contributed by atoms with Gasteiger partial charge in [0.15, 0.2) is 0 Å². The van der Waals surface area contributed by atoms with E-state index >= 15 is 0 Å². The van der Waals surface area contributed by atoms with Crippen LogP contribution in [-0.4, -0.2) is 19.6 Å². The van der Waals surface area contributed by atoms with Crippen LogP contribution in [0.4, 0.5) is 10.7 Å². The molecule has 0 saturated carbocycles. The third kappa shape index (κ3) is 3.89. The molecule has 0 unspecified atom stereocenters. The highest BCUT2D eigenvalue weighted by molar-refractivity contribution is 7.18. The number of nitrogens with two attached hydrogens (primary N) is 1. The molecule has 0 atom stereocenters. The number of benzene rings is 1. The van der Waals surface area contributed by atoms with Gasteiger partial charge in [-0.2, -0.15) is 0 Å². The Balaban J connectivity index is 2.12. The van der Waals surface area contributed by atoms with Gasteiger partial charge in [0.2, 0.25) is 0 Å². The molecule has 0 fully saturated rings. The zero-order chi connectivity index (χ0) is 15.4. The van der Waals surface area contributed by atoms with Crippen LogP contribution in [-0.2, 0) is 11.3 Å². The third-order valence-corrected chi connectivity index (χ3v) is 4.41. The molecule has 1 heterocycles. The van der Waals surface area contributed by atoms with Gasteiger partial charge in [-0.3, -0.25) is 0 Å². The number of hydrogen-bond acceptors (Lipinski definition) is 5. The SMILES string of the molecule is CCOC(=O)c1sc(N(C)Cc2ccc(Cl)cc2)cc1N. The molecule has 0 radical (unpaired) electrons. The Hall–Kier alpha value is -1.72. The van der Waals surface area contributed by atoms with Crippen molar-refractivity contribution in [2.45, 2.75) is 13.5 Å². The lowest BCUT2D eigenvalue weighted by Gasteiger charge is -2.16. The Kier molecular flexibility index (Phi) is 5.09. The Bertz CT molecular complexity index is 625. The average molecular weight is 325 g/mol. The Morgan fingerprint density at radius 1 is 1.38 bits per heavy atom. The molecule has 2 N–H and O–H groups in total. The maximum absolute atomic E-state index is 11.8. The fourth-order valence-corrected chi connectivity index (χ4v) is 2.94. The van der Waals surface area contributed by atoms with Gasteiger partial charge in [0.1, 0.15) is 4.88 Å². The van der Waals surface area contributed by atoms with Crippen molar-refractivity contribution in [2.24, 2.45) is 0 Å². The van der Waals surface area contributed by atoms with Crippen molar-refractivity contribution in [1.29, 1.82) is 0 Å². The van der Waals surface area contributed by atoms with Crippen molar-refractivity contribution in [2.75, 3.05) is 24.3 Å². The summed E-state index contributed by atoms with van der Waals surface area (Å²) in [6.07, 6.45) is 0. The van der Waals surface area contributed by atoms with Gasteiger partial charge in [-0.05, 0) is 30.7 Å². The van der Waals surface area contributed by atoms with Gasteiger partial charge in [-0.25, -0.2) is 4.79 Å². The summed E-state index contributed by atoms with van der Waals surface area (Å²) in [5.74, 6) is -0.369. The van der Waals surface area contributed by atoms with Crippen molar-refractivity contribution in [1.82, 2.24) is 0 Å². The quantitative estimate of drug-likeness (QED) is 0.850. The number of hydrogen-bond donors (Lipinski definition) is 1. The molecule has 1 aromatic heterocycles. The number of anilines is 2. The van der Waals surface area contributed by atoms with Gasteiger partial charge >= 0.3 is 5.97 Å². The number of thiophene rings is 1. The van der Waals surface area contributed by atoms with Gasteiger partial charge in [0.25, 0.3) is 0 Å². The Morgan fingerprint density at radius 2 is 2.05 bits per heavy atom. The first kappa shape index (κ1) is 15.7. The van der Waals surface area contributed by atoms with Crippen LogP contribution in [0.5, 0.6) is 0 Å². The Labute approximate surface area is 133 Å². The highest BCUT2D eigenvalue weighted by Gasteiger charge is 2.17. The summed E-state index contributed by atoms with van der Waals surface area (Å²) in [7, 11) is 1.95. The van der Waals surface area contributed by atoms with E-state index in [4.69, 9.17) is 22.1 Å². The fraction of sp³-hybridized carbons (Fsp3) is 0.267. The summed E-state index contributed by atoms with van der Waals surface area (Å²) in [5, 5.41) is 1.64. The highest BCUT2D eigenvalue weighted by atomic mass is 35.5. The monoisotopic (exact) mass is 324 g/mol. The molecule has 6 heteroatoms. The predicted molar refractivity (Wildman–Crippen MR) is 88.2 cm³/mol. The zero-order valence-corrected chi connectivity index (χ0v) is 13.5. The molecule has 0 bridgehead atoms. The average Bonchev–Trinajstić information content (AvgIpc) is 2.84. The molecule has 21 heavy (non-hydrogen) atoms. The largest absolute Gasteiger partial charge is 0.462 e. The van der Waals surface area contributed by atoms with Gasteiger partial charge in [0, 0.05) is 18.6 Å². The van der Waals surface area contributed by atoms with Gasteiger partial charge in [0.05, 0.1) is 17.3 Å². The van der Waals surface area contributed by atoms with E-state index in [-0.39, 0.29) is 5.97 Å². The standard InChI is InChI=1S/C15H17ClN2O2S/c1-3-20-15(19)14-12(17)8-13(21-14)18(2)9-10-4-6-11(16)7-5-10/h4-8H,3,9,17H2,1-2H3. The topological polar surface area (TPSA) is 55.6 Å². The lowest BCUT2D eigenvalue weighted by atomic mass is 10.2. The van der Waals surface area contributed by atoms with E-state index in [2.05, 4.69) is 0 Å². The van der Waals surface area contributed by atoms with Crippen LogP contribution < -0.4 is 10.6 Å². The predicted octanol–water partition coefficient (Wildman–Crippen LogP) is 3.80. The van der Waals surface area contributed by atoms with Crippen LogP contribution >= 0.6 is 22.9 Å². The summed E-state index contributed by atoms with van der Waals surface area (Å²) in [6.45, 7) is 2.82. The van der Waals surface area contributed by atoms with E-state index in [1.807, 2.05) is 36.2 Å². The van der Waals surface area contributed by atoms with Crippen molar-refractivity contribution >= 4 is 39.6 Å². The number of carbonyl (C=O) groups excluding carboxylic acids is 1. The number of nitrogen functional groups attached to an aromatic ring is 1. The van der Waals surface area contributed by atoms with E-state index in [1.54, 1.807) is 13.0 Å². The van der Waals surface area contributed by atoms with Crippen molar-refractivity contribution in [3.05, 3.63) is 45.8 Å². The normalized spacial score (nSPS) is 10.4. The molecule has 0 amide bonds. The van der Waals surface area contributed by atoms with E-state index < -0.39 is 0 Å². The number of halogens is 1. The summed E-state index contributed by atoms with van der Waals surface area (Å²) in [4.78, 5) is 14.3.